The van der Waals surface area contributed by atoms with E-state index in [-0.39, 0.29) is 0 Å². The summed E-state index contributed by atoms with van der Waals surface area (Å²) in [4.78, 5) is 0. The number of rotatable bonds is 4. The normalized spacial score (nSPS) is 15.0. The van der Waals surface area contributed by atoms with E-state index in [1.165, 1.54) is 6.92 Å². The summed E-state index contributed by atoms with van der Waals surface area (Å²) >= 11 is 5.90. The topological polar surface area (TPSA) is 32.3 Å². The van der Waals surface area contributed by atoms with E-state index >= 15 is 0 Å². The summed E-state index contributed by atoms with van der Waals surface area (Å²) in [5, 5.41) is 13.0. The Morgan fingerprint density at radius 2 is 2.20 bits per heavy atom. The molecule has 1 rings (SSSR count). The van der Waals surface area contributed by atoms with Crippen LogP contribution in [0.1, 0.15) is 30.3 Å². The number of aliphatic hydroxyl groups is 1. The zero-order chi connectivity index (χ0) is 11.4. The highest BCUT2D eigenvalue weighted by Crippen LogP contribution is 2.32. The van der Waals surface area contributed by atoms with Gasteiger partial charge in [-0.2, -0.15) is 0 Å². The number of hydrogen-bond donors (Lipinski definition) is 2. The van der Waals surface area contributed by atoms with Gasteiger partial charge in [0.15, 0.2) is 0 Å². The van der Waals surface area contributed by atoms with E-state index in [9.17, 15) is 9.50 Å². The van der Waals surface area contributed by atoms with Gasteiger partial charge >= 0.3 is 0 Å². The SMILES string of the molecule is CNCC(O)c1cccc(Cl)c1C(C)F. The van der Waals surface area contributed by atoms with Gasteiger partial charge in [-0.15, -0.1) is 0 Å². The molecule has 0 amide bonds. The highest BCUT2D eigenvalue weighted by molar-refractivity contribution is 6.31. The standard InChI is InChI=1S/C11H15ClFNO/c1-7(13)11-8(10(15)6-14-2)4-3-5-9(11)12/h3-5,7,10,14-15H,6H2,1-2H3. The molecule has 0 aliphatic heterocycles. The van der Waals surface area contributed by atoms with Crippen LogP contribution in [0.5, 0.6) is 0 Å². The van der Waals surface area contributed by atoms with Crippen molar-refractivity contribution in [1.29, 1.82) is 0 Å². The first-order chi connectivity index (χ1) is 7.07. The quantitative estimate of drug-likeness (QED) is 0.835. The number of benzene rings is 1. The van der Waals surface area contributed by atoms with Crippen molar-refractivity contribution in [3.05, 3.63) is 34.3 Å². The molecule has 15 heavy (non-hydrogen) atoms. The van der Waals surface area contributed by atoms with Crippen LogP contribution in [0.25, 0.3) is 0 Å². The van der Waals surface area contributed by atoms with Gasteiger partial charge in [-0.05, 0) is 25.6 Å². The van der Waals surface area contributed by atoms with Gasteiger partial charge in [0, 0.05) is 17.1 Å². The summed E-state index contributed by atoms with van der Waals surface area (Å²) in [5.41, 5.74) is 0.925. The van der Waals surface area contributed by atoms with Gasteiger partial charge in [0.2, 0.25) is 0 Å². The second-order valence-corrected chi connectivity index (χ2v) is 3.84. The molecule has 2 nitrogen and oxygen atoms in total. The van der Waals surface area contributed by atoms with E-state index in [0.29, 0.717) is 22.7 Å². The Kier molecular flexibility index (Phi) is 4.51. The number of nitrogens with one attached hydrogen (secondary N) is 1. The van der Waals surface area contributed by atoms with E-state index in [4.69, 9.17) is 11.6 Å². The summed E-state index contributed by atoms with van der Waals surface area (Å²) in [5.74, 6) is 0. The lowest BCUT2D eigenvalue weighted by atomic mass is 9.99. The highest BCUT2D eigenvalue weighted by Gasteiger charge is 2.18. The Labute approximate surface area is 94.1 Å². The fraction of sp³-hybridized carbons (Fsp3) is 0.455. The van der Waals surface area contributed by atoms with Crippen LogP contribution in [0.4, 0.5) is 4.39 Å². The first kappa shape index (κ1) is 12.4. The molecule has 0 bridgehead atoms. The molecule has 0 aromatic heterocycles. The number of aliphatic hydroxyl groups excluding tert-OH is 1. The van der Waals surface area contributed by atoms with E-state index in [2.05, 4.69) is 5.32 Å². The lowest BCUT2D eigenvalue weighted by Crippen LogP contribution is -2.18. The second kappa shape index (κ2) is 5.45. The van der Waals surface area contributed by atoms with Crippen LogP contribution < -0.4 is 5.32 Å². The predicted octanol–water partition coefficient (Wildman–Crippen LogP) is 2.62. The smallest absolute Gasteiger partial charge is 0.124 e. The summed E-state index contributed by atoms with van der Waals surface area (Å²) < 4.78 is 13.3. The second-order valence-electron chi connectivity index (χ2n) is 3.43. The Morgan fingerprint density at radius 1 is 1.53 bits per heavy atom. The van der Waals surface area contributed by atoms with Crippen LogP contribution in [0.2, 0.25) is 5.02 Å². The number of likely N-dealkylation sites (N-methyl/N-ethyl adjacent to an activating group) is 1. The van der Waals surface area contributed by atoms with Crippen LogP contribution >= 0.6 is 11.6 Å². The van der Waals surface area contributed by atoms with E-state index in [0.717, 1.165) is 0 Å². The monoisotopic (exact) mass is 231 g/mol. The molecule has 0 aliphatic rings. The Morgan fingerprint density at radius 3 is 2.73 bits per heavy atom. The van der Waals surface area contributed by atoms with Crippen LogP contribution in [0.15, 0.2) is 18.2 Å². The number of halogens is 2. The van der Waals surface area contributed by atoms with E-state index in [1.807, 2.05) is 0 Å². The summed E-state index contributed by atoms with van der Waals surface area (Å²) in [6.45, 7) is 1.79. The highest BCUT2D eigenvalue weighted by atomic mass is 35.5. The minimum absolute atomic E-state index is 0.359. The van der Waals surface area contributed by atoms with E-state index in [1.54, 1.807) is 25.2 Å². The Hall–Kier alpha value is -0.640. The fourth-order valence-electron chi connectivity index (χ4n) is 1.57. The van der Waals surface area contributed by atoms with Crippen molar-refractivity contribution in [2.45, 2.75) is 19.2 Å². The third kappa shape index (κ3) is 2.91. The molecule has 4 heteroatoms. The van der Waals surface area contributed by atoms with Gasteiger partial charge in [-0.3, -0.25) is 0 Å². The molecule has 2 N–H and O–H groups in total. The van der Waals surface area contributed by atoms with Crippen LogP contribution in [0, 0.1) is 0 Å². The molecule has 0 fully saturated rings. The average molecular weight is 232 g/mol. The van der Waals surface area contributed by atoms with Gasteiger partial charge in [-0.1, -0.05) is 23.7 Å². The molecule has 2 unspecified atom stereocenters. The molecular weight excluding hydrogens is 217 g/mol. The minimum atomic E-state index is -1.18. The Bertz CT molecular complexity index is 330. The molecule has 0 radical (unpaired) electrons. The van der Waals surface area contributed by atoms with Crippen LogP contribution in [-0.4, -0.2) is 18.7 Å². The molecule has 0 saturated heterocycles. The van der Waals surface area contributed by atoms with Crippen molar-refractivity contribution < 1.29 is 9.50 Å². The molecule has 1 aromatic carbocycles. The first-order valence-electron chi connectivity index (χ1n) is 4.83. The van der Waals surface area contributed by atoms with Crippen molar-refractivity contribution in [3.63, 3.8) is 0 Å². The van der Waals surface area contributed by atoms with Gasteiger partial charge < -0.3 is 10.4 Å². The maximum Gasteiger partial charge on any atom is 0.124 e. The molecule has 0 aliphatic carbocycles. The third-order valence-electron chi connectivity index (χ3n) is 2.24. The van der Waals surface area contributed by atoms with Gasteiger partial charge in [-0.25, -0.2) is 4.39 Å². The predicted molar refractivity (Wildman–Crippen MR) is 59.9 cm³/mol. The zero-order valence-electron chi connectivity index (χ0n) is 8.80. The first-order valence-corrected chi connectivity index (χ1v) is 5.20. The van der Waals surface area contributed by atoms with Crippen molar-refractivity contribution in [2.24, 2.45) is 0 Å². The average Bonchev–Trinajstić information content (AvgIpc) is 2.17. The maximum atomic E-state index is 13.3. The van der Waals surface area contributed by atoms with Crippen molar-refractivity contribution in [1.82, 2.24) is 5.32 Å². The fourth-order valence-corrected chi connectivity index (χ4v) is 1.90. The molecule has 84 valence electrons. The molecule has 0 heterocycles. The lowest BCUT2D eigenvalue weighted by molar-refractivity contribution is 0.174. The summed E-state index contributed by atoms with van der Waals surface area (Å²) in [6.07, 6.45) is -1.91. The lowest BCUT2D eigenvalue weighted by Gasteiger charge is -2.17. The zero-order valence-corrected chi connectivity index (χ0v) is 9.55. The van der Waals surface area contributed by atoms with Crippen molar-refractivity contribution in [3.8, 4) is 0 Å². The minimum Gasteiger partial charge on any atom is -0.387 e. The molecule has 2 atom stereocenters. The molecule has 0 saturated carbocycles. The van der Waals surface area contributed by atoms with Crippen LogP contribution in [-0.2, 0) is 0 Å². The van der Waals surface area contributed by atoms with Crippen LogP contribution in [0.3, 0.4) is 0 Å². The van der Waals surface area contributed by atoms with Crippen molar-refractivity contribution in [2.75, 3.05) is 13.6 Å². The van der Waals surface area contributed by atoms with Gasteiger partial charge in [0.25, 0.3) is 0 Å². The summed E-state index contributed by atoms with van der Waals surface area (Å²) in [7, 11) is 1.73. The number of hydrogen-bond acceptors (Lipinski definition) is 2. The Balaban J connectivity index is 3.10. The molecule has 0 spiro atoms. The summed E-state index contributed by atoms with van der Waals surface area (Å²) in [6, 6.07) is 5.03. The number of alkyl halides is 1. The van der Waals surface area contributed by atoms with Gasteiger partial charge in [0.1, 0.15) is 6.17 Å². The molecular formula is C11H15ClFNO. The van der Waals surface area contributed by atoms with E-state index < -0.39 is 12.3 Å². The van der Waals surface area contributed by atoms with Crippen molar-refractivity contribution >= 4 is 11.6 Å². The maximum absolute atomic E-state index is 13.3. The largest absolute Gasteiger partial charge is 0.387 e. The van der Waals surface area contributed by atoms with Gasteiger partial charge in [0.05, 0.1) is 6.10 Å². The molecule has 1 aromatic rings. The third-order valence-corrected chi connectivity index (χ3v) is 2.57.